The lowest BCUT2D eigenvalue weighted by Crippen LogP contribution is -2.33. The van der Waals surface area contributed by atoms with Crippen LogP contribution in [-0.2, 0) is 4.79 Å². The van der Waals surface area contributed by atoms with Gasteiger partial charge in [0.1, 0.15) is 6.33 Å². The van der Waals surface area contributed by atoms with E-state index >= 15 is 0 Å². The van der Waals surface area contributed by atoms with Crippen molar-refractivity contribution in [3.8, 4) is 11.1 Å². The maximum atomic E-state index is 12.5. The van der Waals surface area contributed by atoms with Crippen molar-refractivity contribution in [2.45, 2.75) is 44.4 Å². The Balaban J connectivity index is 1.32. The molecule has 1 aromatic carbocycles. The number of carbonyl (C=O) groups excluding carboxylic acids is 1. The fraction of sp³-hybridized carbons (Fsp3) is 0.360. The van der Waals surface area contributed by atoms with E-state index in [0.29, 0.717) is 11.8 Å². The summed E-state index contributed by atoms with van der Waals surface area (Å²) in [7, 11) is 0. The summed E-state index contributed by atoms with van der Waals surface area (Å²) in [5.74, 6) is 0.955. The van der Waals surface area contributed by atoms with Gasteiger partial charge in [-0.05, 0) is 61.8 Å². The summed E-state index contributed by atoms with van der Waals surface area (Å²) in [4.78, 5) is 25.5. The number of hydrogen-bond acceptors (Lipinski definition) is 4. The highest BCUT2D eigenvalue weighted by molar-refractivity contribution is 5.83. The maximum absolute atomic E-state index is 12.5. The van der Waals surface area contributed by atoms with E-state index in [1.807, 2.05) is 68.0 Å². The molecule has 1 amide bonds. The van der Waals surface area contributed by atoms with Crippen molar-refractivity contribution in [3.63, 3.8) is 0 Å². The fourth-order valence-electron chi connectivity index (χ4n) is 4.35. The Morgan fingerprint density at radius 3 is 2.50 bits per heavy atom. The number of hydrogen-bond donors (Lipinski definition) is 1. The summed E-state index contributed by atoms with van der Waals surface area (Å²) in [5.41, 5.74) is 4.42. The summed E-state index contributed by atoms with van der Waals surface area (Å²) in [5, 5.41) is 3.17. The highest BCUT2D eigenvalue weighted by Gasteiger charge is 2.26. The van der Waals surface area contributed by atoms with Crippen LogP contribution in [0.3, 0.4) is 0 Å². The molecule has 0 unspecified atom stereocenters. The predicted molar refractivity (Wildman–Crippen MR) is 118 cm³/mol. The summed E-state index contributed by atoms with van der Waals surface area (Å²) < 4.78 is 0. The minimum absolute atomic E-state index is 0.110. The summed E-state index contributed by atoms with van der Waals surface area (Å²) >= 11 is 0. The molecule has 0 aliphatic heterocycles. The third-order valence-electron chi connectivity index (χ3n) is 6.23. The highest BCUT2D eigenvalue weighted by atomic mass is 16.1. The van der Waals surface area contributed by atoms with Gasteiger partial charge in [-0.1, -0.05) is 30.3 Å². The SMILES string of the molecule is C[C@H](C(=O)NCC1CCC(c2ncncc2-c2ccncc2)CC1)c1ccccc1. The number of carbonyl (C=O) groups is 1. The van der Waals surface area contributed by atoms with Gasteiger partial charge in [0, 0.05) is 36.6 Å². The van der Waals surface area contributed by atoms with Crippen molar-refractivity contribution in [1.29, 1.82) is 0 Å². The number of amides is 1. The monoisotopic (exact) mass is 400 g/mol. The smallest absolute Gasteiger partial charge is 0.227 e. The Morgan fingerprint density at radius 1 is 1.03 bits per heavy atom. The molecular weight excluding hydrogens is 372 g/mol. The van der Waals surface area contributed by atoms with Crippen molar-refractivity contribution >= 4 is 5.91 Å². The van der Waals surface area contributed by atoms with Crippen LogP contribution in [0.5, 0.6) is 0 Å². The molecule has 5 nitrogen and oxygen atoms in total. The Bertz CT molecular complexity index is 953. The van der Waals surface area contributed by atoms with Crippen LogP contribution in [0, 0.1) is 5.92 Å². The second-order valence-corrected chi connectivity index (χ2v) is 8.15. The van der Waals surface area contributed by atoms with Gasteiger partial charge in [-0.3, -0.25) is 9.78 Å². The van der Waals surface area contributed by atoms with Crippen LogP contribution in [0.25, 0.3) is 11.1 Å². The average Bonchev–Trinajstić information content (AvgIpc) is 2.83. The molecule has 1 N–H and O–H groups in total. The Labute approximate surface area is 178 Å². The topological polar surface area (TPSA) is 67.8 Å². The van der Waals surface area contributed by atoms with Gasteiger partial charge in [-0.2, -0.15) is 0 Å². The van der Waals surface area contributed by atoms with E-state index < -0.39 is 0 Å². The molecule has 2 heterocycles. The zero-order valence-corrected chi connectivity index (χ0v) is 17.4. The molecule has 0 bridgehead atoms. The van der Waals surface area contributed by atoms with Crippen LogP contribution in [0.1, 0.15) is 55.7 Å². The normalized spacial score (nSPS) is 19.8. The second kappa shape index (κ2) is 9.61. The van der Waals surface area contributed by atoms with E-state index in [2.05, 4.69) is 20.3 Å². The molecule has 5 heteroatoms. The molecule has 0 saturated heterocycles. The van der Waals surface area contributed by atoms with Crippen LogP contribution in [0.15, 0.2) is 67.4 Å². The molecule has 154 valence electrons. The molecule has 0 spiro atoms. The van der Waals surface area contributed by atoms with Gasteiger partial charge in [0.2, 0.25) is 5.91 Å². The molecule has 1 aliphatic carbocycles. The lowest BCUT2D eigenvalue weighted by molar-refractivity contribution is -0.122. The molecule has 3 aromatic rings. The molecular formula is C25H28N4O. The number of rotatable bonds is 6. The van der Waals surface area contributed by atoms with Gasteiger partial charge in [0.15, 0.2) is 0 Å². The molecule has 0 radical (unpaired) electrons. The molecule has 1 fully saturated rings. The first kappa shape index (κ1) is 20.2. The number of nitrogens with zero attached hydrogens (tertiary/aromatic N) is 3. The van der Waals surface area contributed by atoms with Crippen molar-refractivity contribution in [2.75, 3.05) is 6.54 Å². The first-order chi connectivity index (χ1) is 14.7. The number of aromatic nitrogens is 3. The Hall–Kier alpha value is -3.08. The fourth-order valence-corrected chi connectivity index (χ4v) is 4.35. The molecule has 30 heavy (non-hydrogen) atoms. The summed E-state index contributed by atoms with van der Waals surface area (Å²) in [6, 6.07) is 14.0. The third-order valence-corrected chi connectivity index (χ3v) is 6.23. The Morgan fingerprint density at radius 2 is 1.77 bits per heavy atom. The van der Waals surface area contributed by atoms with E-state index in [4.69, 9.17) is 0 Å². The van der Waals surface area contributed by atoms with Crippen molar-refractivity contribution in [2.24, 2.45) is 5.92 Å². The van der Waals surface area contributed by atoms with Gasteiger partial charge in [0.25, 0.3) is 0 Å². The highest BCUT2D eigenvalue weighted by Crippen LogP contribution is 2.38. The second-order valence-electron chi connectivity index (χ2n) is 8.15. The first-order valence-corrected chi connectivity index (χ1v) is 10.8. The van der Waals surface area contributed by atoms with Crippen molar-refractivity contribution in [1.82, 2.24) is 20.3 Å². The van der Waals surface area contributed by atoms with Gasteiger partial charge < -0.3 is 5.32 Å². The van der Waals surface area contributed by atoms with Gasteiger partial charge in [-0.25, -0.2) is 9.97 Å². The third kappa shape index (κ3) is 4.73. The zero-order chi connectivity index (χ0) is 20.8. The zero-order valence-electron chi connectivity index (χ0n) is 17.4. The van der Waals surface area contributed by atoms with E-state index in [-0.39, 0.29) is 11.8 Å². The van der Waals surface area contributed by atoms with Crippen LogP contribution >= 0.6 is 0 Å². The van der Waals surface area contributed by atoms with Gasteiger partial charge in [0.05, 0.1) is 11.6 Å². The molecule has 4 rings (SSSR count). The minimum Gasteiger partial charge on any atom is -0.355 e. The van der Waals surface area contributed by atoms with Crippen molar-refractivity contribution < 1.29 is 4.79 Å². The molecule has 2 aromatic heterocycles. The number of nitrogens with one attached hydrogen (secondary N) is 1. The van der Waals surface area contributed by atoms with E-state index in [1.54, 1.807) is 6.33 Å². The van der Waals surface area contributed by atoms with E-state index in [0.717, 1.165) is 54.6 Å². The Kier molecular flexibility index (Phi) is 6.47. The van der Waals surface area contributed by atoms with Crippen LogP contribution in [-0.4, -0.2) is 27.4 Å². The van der Waals surface area contributed by atoms with E-state index in [1.165, 1.54) is 0 Å². The van der Waals surface area contributed by atoms with E-state index in [9.17, 15) is 4.79 Å². The predicted octanol–water partition coefficient (Wildman–Crippen LogP) is 4.73. The lowest BCUT2D eigenvalue weighted by Gasteiger charge is -2.29. The number of benzene rings is 1. The van der Waals surface area contributed by atoms with Crippen LogP contribution < -0.4 is 5.32 Å². The largest absolute Gasteiger partial charge is 0.355 e. The minimum atomic E-state index is -0.119. The quantitative estimate of drug-likeness (QED) is 0.649. The van der Waals surface area contributed by atoms with Gasteiger partial charge in [-0.15, -0.1) is 0 Å². The maximum Gasteiger partial charge on any atom is 0.227 e. The van der Waals surface area contributed by atoms with Crippen LogP contribution in [0.4, 0.5) is 0 Å². The molecule has 1 aliphatic rings. The first-order valence-electron chi connectivity index (χ1n) is 10.8. The van der Waals surface area contributed by atoms with Gasteiger partial charge >= 0.3 is 0 Å². The lowest BCUT2D eigenvalue weighted by atomic mass is 9.79. The average molecular weight is 401 g/mol. The van der Waals surface area contributed by atoms with Crippen molar-refractivity contribution in [3.05, 3.63) is 78.6 Å². The standard InChI is InChI=1S/C25H28N4O/c1-18(20-5-3-2-4-6-20)25(30)28-15-19-7-9-22(10-8-19)24-23(16-27-17-29-24)21-11-13-26-14-12-21/h2-6,11-14,16-19,22H,7-10,15H2,1H3,(H,28,30)/t18-,19?,22?/m0/s1. The summed E-state index contributed by atoms with van der Waals surface area (Å²) in [6.45, 7) is 2.72. The van der Waals surface area contributed by atoms with Crippen LogP contribution in [0.2, 0.25) is 0 Å². The molecule has 1 saturated carbocycles. The molecule has 1 atom stereocenters. The summed E-state index contributed by atoms with van der Waals surface area (Å²) in [6.07, 6.45) is 11.6. The number of pyridine rings is 1.